The van der Waals surface area contributed by atoms with Crippen LogP contribution >= 0.6 is 0 Å². The average Bonchev–Trinajstić information content (AvgIpc) is 3.70. The number of hydrogen-bond acceptors (Lipinski definition) is 15. The summed E-state index contributed by atoms with van der Waals surface area (Å²) in [6, 6.07) is 5.09. The number of rotatable bonds is 15. The molecule has 22 nitrogen and oxygen atoms in total. The molecular formula is C40H54N8O14. The van der Waals surface area contributed by atoms with E-state index in [-0.39, 0.29) is 51.1 Å². The van der Waals surface area contributed by atoms with Crippen molar-refractivity contribution in [2.24, 2.45) is 5.11 Å². The van der Waals surface area contributed by atoms with Crippen molar-refractivity contribution < 1.29 is 57.4 Å². The van der Waals surface area contributed by atoms with Crippen molar-refractivity contribution in [2.75, 3.05) is 88.6 Å². The molecule has 2 aliphatic rings. The molecule has 0 spiro atoms. The van der Waals surface area contributed by atoms with Crippen molar-refractivity contribution in [3.8, 4) is 34.5 Å². The van der Waals surface area contributed by atoms with Gasteiger partial charge in [0.15, 0.2) is 23.0 Å². The van der Waals surface area contributed by atoms with Crippen LogP contribution < -0.4 is 39.7 Å². The average molecular weight is 871 g/mol. The van der Waals surface area contributed by atoms with Gasteiger partial charge in [-0.2, -0.15) is 0 Å². The molecule has 338 valence electrons. The summed E-state index contributed by atoms with van der Waals surface area (Å²) in [6.07, 6.45) is -0.173. The molecule has 2 aromatic carbocycles. The lowest BCUT2D eigenvalue weighted by Crippen LogP contribution is -2.58. The van der Waals surface area contributed by atoms with Gasteiger partial charge in [-0.25, -0.2) is 9.59 Å². The number of carbonyl (C=O) groups is 3. The Morgan fingerprint density at radius 3 is 1.87 bits per heavy atom. The molecule has 0 radical (unpaired) electrons. The Morgan fingerprint density at radius 1 is 0.871 bits per heavy atom. The number of benzene rings is 2. The number of piperazine rings is 1. The number of amides is 3. The number of H-pyrrole nitrogens is 1. The highest BCUT2D eigenvalue weighted by atomic mass is 16.6. The van der Waals surface area contributed by atoms with Gasteiger partial charge in [-0.05, 0) is 50.6 Å². The van der Waals surface area contributed by atoms with Gasteiger partial charge in [0, 0.05) is 66.9 Å². The fourth-order valence-corrected chi connectivity index (χ4v) is 6.99. The van der Waals surface area contributed by atoms with Crippen LogP contribution in [0.5, 0.6) is 34.5 Å². The summed E-state index contributed by atoms with van der Waals surface area (Å²) in [7, 11) is 8.84. The summed E-state index contributed by atoms with van der Waals surface area (Å²) in [6.45, 7) is 6.30. The number of carbonyl (C=O) groups excluding carboxylic acids is 3. The largest absolute Gasteiger partial charge is 0.493 e. The number of aromatic nitrogens is 2. The number of aliphatic hydroxyl groups excluding tert-OH is 1. The van der Waals surface area contributed by atoms with Gasteiger partial charge in [-0.1, -0.05) is 5.11 Å². The van der Waals surface area contributed by atoms with Gasteiger partial charge in [0.2, 0.25) is 11.5 Å². The van der Waals surface area contributed by atoms with Gasteiger partial charge in [-0.3, -0.25) is 23.9 Å². The minimum atomic E-state index is -0.671. The topological polar surface area (TPSA) is 259 Å². The van der Waals surface area contributed by atoms with Crippen LogP contribution in [-0.2, 0) is 9.47 Å². The quantitative estimate of drug-likeness (QED) is 0.127. The number of methoxy groups -OCH3 is 6. The van der Waals surface area contributed by atoms with Gasteiger partial charge < -0.3 is 57.7 Å². The summed E-state index contributed by atoms with van der Waals surface area (Å²) < 4.78 is 44.8. The predicted molar refractivity (Wildman–Crippen MR) is 222 cm³/mol. The van der Waals surface area contributed by atoms with Crippen molar-refractivity contribution in [3.05, 3.63) is 78.4 Å². The summed E-state index contributed by atoms with van der Waals surface area (Å²) in [5, 5.41) is 12.7. The number of aryl methyl sites for hydroxylation is 1. The van der Waals surface area contributed by atoms with Gasteiger partial charge in [-0.15, -0.1) is 0 Å². The molecule has 0 aliphatic carbocycles. The molecule has 2 fully saturated rings. The van der Waals surface area contributed by atoms with Crippen molar-refractivity contribution in [1.82, 2.24) is 24.3 Å². The predicted octanol–water partition coefficient (Wildman–Crippen LogP) is 2.99. The zero-order chi connectivity index (χ0) is 45.7. The van der Waals surface area contributed by atoms with Crippen LogP contribution in [0.25, 0.3) is 10.4 Å². The molecule has 3 aromatic rings. The Kier molecular flexibility index (Phi) is 17.3. The Hall–Kier alpha value is -6.64. The van der Waals surface area contributed by atoms with E-state index >= 15 is 0 Å². The lowest BCUT2D eigenvalue weighted by Gasteiger charge is -2.41. The first-order valence-electron chi connectivity index (χ1n) is 19.5. The van der Waals surface area contributed by atoms with Crippen LogP contribution in [0.15, 0.2) is 45.2 Å². The van der Waals surface area contributed by atoms with Crippen molar-refractivity contribution >= 4 is 17.9 Å². The van der Waals surface area contributed by atoms with E-state index in [2.05, 4.69) is 15.0 Å². The van der Waals surface area contributed by atoms with Crippen LogP contribution in [0, 0.1) is 6.92 Å². The molecule has 2 N–H and O–H groups in total. The van der Waals surface area contributed by atoms with Gasteiger partial charge in [0.05, 0.1) is 67.5 Å². The molecule has 3 amide bonds. The summed E-state index contributed by atoms with van der Waals surface area (Å²) in [5.41, 5.74) is 8.36. The van der Waals surface area contributed by atoms with Gasteiger partial charge in [0.25, 0.3) is 17.4 Å². The van der Waals surface area contributed by atoms with Gasteiger partial charge in [0.1, 0.15) is 12.8 Å². The maximum atomic E-state index is 13.9. The van der Waals surface area contributed by atoms with Crippen LogP contribution in [-0.4, -0.2) is 154 Å². The Balaban J connectivity index is 0.000000368. The van der Waals surface area contributed by atoms with Crippen molar-refractivity contribution in [3.63, 3.8) is 0 Å². The molecule has 3 heterocycles. The third kappa shape index (κ3) is 10.8. The molecule has 0 saturated carbocycles. The summed E-state index contributed by atoms with van der Waals surface area (Å²) in [5.74, 6) is 1.40. The van der Waals surface area contributed by atoms with E-state index in [1.807, 2.05) is 13.8 Å². The first kappa shape index (κ1) is 48.0. The first-order chi connectivity index (χ1) is 29.8. The van der Waals surface area contributed by atoms with Gasteiger partial charge >= 0.3 is 11.8 Å². The molecule has 2 aliphatic heterocycles. The van der Waals surface area contributed by atoms with Crippen molar-refractivity contribution in [2.45, 2.75) is 51.6 Å². The Labute approximate surface area is 357 Å². The molecule has 2 saturated heterocycles. The zero-order valence-corrected chi connectivity index (χ0v) is 36.2. The van der Waals surface area contributed by atoms with E-state index < -0.39 is 41.8 Å². The number of nitrogens with zero attached hydrogens (tertiary/aromatic N) is 7. The number of hydrogen-bond donors (Lipinski definition) is 2. The van der Waals surface area contributed by atoms with E-state index in [9.17, 15) is 24.0 Å². The minimum absolute atomic E-state index is 0.108. The molecule has 1 aromatic heterocycles. The maximum Gasteiger partial charge on any atom is 0.409 e. The van der Waals surface area contributed by atoms with E-state index in [1.54, 1.807) is 41.0 Å². The van der Waals surface area contributed by atoms with Crippen molar-refractivity contribution in [1.29, 1.82) is 0 Å². The normalized spacial score (nSPS) is 18.0. The second-order valence-corrected chi connectivity index (χ2v) is 13.8. The molecule has 5 rings (SSSR count). The highest BCUT2D eigenvalue weighted by Gasteiger charge is 2.37. The number of aromatic amines is 1. The molecule has 0 bridgehead atoms. The third-order valence-corrected chi connectivity index (χ3v) is 10.3. The highest BCUT2D eigenvalue weighted by molar-refractivity contribution is 5.97. The molecule has 1 unspecified atom stereocenters. The molecule has 4 atom stereocenters. The van der Waals surface area contributed by atoms with Crippen LogP contribution in [0.4, 0.5) is 4.79 Å². The van der Waals surface area contributed by atoms with E-state index in [1.165, 1.54) is 58.3 Å². The lowest BCUT2D eigenvalue weighted by atomic mass is 10.1. The lowest BCUT2D eigenvalue weighted by molar-refractivity contribution is -0.0271. The number of ether oxygens (including phenoxy) is 8. The molecule has 22 heteroatoms. The number of aliphatic hydroxyl groups is 1. The standard InChI is InChI=1S/C30H41N3O10.C10H13N5O4/c1-9-31(10-2)30(36)43-18-21-17-32(28(34)19-13-22(37-3)26(41-7)23(14-19)38-4)11-12-33(21)29(35)20-15-24(39-5)27(42-8)25(16-20)40-6;1-5-3-15(10(18)12-9(5)17)8-2-6(13-14-11)7(4-16)19-8/h13-16,21H,9-12,17-18H2,1-8H3;3,6-8,16H,2,4H2,1H3,(H,12,17,18)/t;6-,7+,8+/m.0/s1. The van der Waals surface area contributed by atoms with Crippen LogP contribution in [0.1, 0.15) is 52.8 Å². The molecule has 62 heavy (non-hydrogen) atoms. The Bertz CT molecular complexity index is 2170. The van der Waals surface area contributed by atoms with Crippen LogP contribution in [0.2, 0.25) is 0 Å². The second-order valence-electron chi connectivity index (χ2n) is 13.8. The minimum Gasteiger partial charge on any atom is -0.493 e. The SMILES string of the molecule is CCN(CC)C(=O)OCC1CN(C(=O)c2cc(OC)c(OC)c(OC)c2)CCN1C(=O)c1cc(OC)c(OC)c(OC)c1.Cc1cn([C@H]2C[C@H](N=[N+]=[N-])[C@@H](CO)O2)c(=O)[nH]c1=O. The van der Waals surface area contributed by atoms with E-state index in [0.29, 0.717) is 64.3 Å². The Morgan fingerprint density at radius 2 is 1.40 bits per heavy atom. The van der Waals surface area contributed by atoms with E-state index in [0.717, 1.165) is 0 Å². The number of azide groups is 1. The molecular weight excluding hydrogens is 816 g/mol. The monoisotopic (exact) mass is 870 g/mol. The zero-order valence-electron chi connectivity index (χ0n) is 36.2. The van der Waals surface area contributed by atoms with E-state index in [4.69, 9.17) is 48.5 Å². The fourth-order valence-electron chi connectivity index (χ4n) is 6.99. The van der Waals surface area contributed by atoms with Crippen LogP contribution in [0.3, 0.4) is 0 Å². The second kappa shape index (κ2) is 22.3. The maximum absolute atomic E-state index is 13.9. The third-order valence-electron chi connectivity index (χ3n) is 10.3. The highest BCUT2D eigenvalue weighted by Crippen LogP contribution is 2.40. The summed E-state index contributed by atoms with van der Waals surface area (Å²) >= 11 is 0. The summed E-state index contributed by atoms with van der Waals surface area (Å²) in [4.78, 5) is 72.9. The smallest absolute Gasteiger partial charge is 0.409 e. The fraction of sp³-hybridized carbons (Fsp3) is 0.525. The number of nitrogens with one attached hydrogen (secondary N) is 1. The first-order valence-corrected chi connectivity index (χ1v) is 19.5.